The van der Waals surface area contributed by atoms with Gasteiger partial charge in [-0.25, -0.2) is 0 Å². The summed E-state index contributed by atoms with van der Waals surface area (Å²) in [4.78, 5) is 0. The highest BCUT2D eigenvalue weighted by Crippen LogP contribution is 2.10. The molecule has 0 aliphatic carbocycles. The monoisotopic (exact) mass is 209 g/mol. The Hall–Kier alpha value is -1.06. The van der Waals surface area contributed by atoms with Crippen molar-refractivity contribution in [3.05, 3.63) is 29.8 Å². The molecule has 0 amide bonds. The molecule has 0 radical (unpaired) electrons. The molecule has 1 rings (SSSR count). The first kappa shape index (κ1) is 12.0. The van der Waals surface area contributed by atoms with Crippen LogP contribution < -0.4 is 10.1 Å². The first-order valence-corrected chi connectivity index (χ1v) is 5.20. The van der Waals surface area contributed by atoms with Crippen LogP contribution >= 0.6 is 0 Å². The molecular formula is C12H19NO2. The Morgan fingerprint density at radius 2 is 2.00 bits per heavy atom. The molecule has 0 aliphatic heterocycles. The van der Waals surface area contributed by atoms with Gasteiger partial charge < -0.3 is 15.2 Å². The lowest BCUT2D eigenvalue weighted by atomic mass is 10.2. The molecule has 0 saturated heterocycles. The van der Waals surface area contributed by atoms with E-state index < -0.39 is 0 Å². The van der Waals surface area contributed by atoms with Gasteiger partial charge in [-0.05, 0) is 23.6 Å². The predicted molar refractivity (Wildman–Crippen MR) is 61.0 cm³/mol. The van der Waals surface area contributed by atoms with Gasteiger partial charge in [0, 0.05) is 19.7 Å². The van der Waals surface area contributed by atoms with E-state index in [-0.39, 0.29) is 6.61 Å². The minimum absolute atomic E-state index is 0.232. The van der Waals surface area contributed by atoms with Gasteiger partial charge in [0.15, 0.2) is 0 Å². The van der Waals surface area contributed by atoms with Gasteiger partial charge in [0.1, 0.15) is 5.75 Å². The fourth-order valence-electron chi connectivity index (χ4n) is 1.27. The van der Waals surface area contributed by atoms with E-state index in [1.165, 1.54) is 5.56 Å². The van der Waals surface area contributed by atoms with Crippen molar-refractivity contribution < 1.29 is 9.84 Å². The van der Waals surface area contributed by atoms with Gasteiger partial charge in [0.25, 0.3) is 0 Å². The maximum absolute atomic E-state index is 8.84. The van der Waals surface area contributed by atoms with Gasteiger partial charge >= 0.3 is 0 Å². The van der Waals surface area contributed by atoms with Crippen LogP contribution in [0.3, 0.4) is 0 Å². The maximum Gasteiger partial charge on any atom is 0.118 e. The molecule has 3 heteroatoms. The molecule has 15 heavy (non-hydrogen) atoms. The highest BCUT2D eigenvalue weighted by Gasteiger charge is 1.99. The second-order valence-corrected chi connectivity index (χ2v) is 3.77. The number of methoxy groups -OCH3 is 1. The Balaban J connectivity index is 2.31. The van der Waals surface area contributed by atoms with E-state index in [4.69, 9.17) is 9.84 Å². The van der Waals surface area contributed by atoms with E-state index in [0.717, 1.165) is 18.8 Å². The standard InChI is InChI=1S/C12H19NO2/c1-10(9-14)7-13-8-11-3-5-12(15-2)6-4-11/h3-6,10,13-14H,7-9H2,1-2H3. The summed E-state index contributed by atoms with van der Waals surface area (Å²) in [6.45, 7) is 3.91. The fourth-order valence-corrected chi connectivity index (χ4v) is 1.27. The summed E-state index contributed by atoms with van der Waals surface area (Å²) >= 11 is 0. The SMILES string of the molecule is COc1ccc(CNCC(C)CO)cc1. The normalized spacial score (nSPS) is 12.5. The summed E-state index contributed by atoms with van der Waals surface area (Å²) in [6, 6.07) is 7.98. The number of benzene rings is 1. The van der Waals surface area contributed by atoms with E-state index >= 15 is 0 Å². The summed E-state index contributed by atoms with van der Waals surface area (Å²) in [5, 5.41) is 12.1. The third kappa shape index (κ3) is 4.32. The third-order valence-electron chi connectivity index (χ3n) is 2.29. The van der Waals surface area contributed by atoms with E-state index in [2.05, 4.69) is 5.32 Å². The van der Waals surface area contributed by atoms with Crippen molar-refractivity contribution in [1.29, 1.82) is 0 Å². The van der Waals surface area contributed by atoms with E-state index in [0.29, 0.717) is 5.92 Å². The van der Waals surface area contributed by atoms with Crippen molar-refractivity contribution in [2.24, 2.45) is 5.92 Å². The second-order valence-electron chi connectivity index (χ2n) is 3.77. The van der Waals surface area contributed by atoms with Crippen molar-refractivity contribution in [1.82, 2.24) is 5.32 Å². The molecule has 0 spiro atoms. The largest absolute Gasteiger partial charge is 0.497 e. The van der Waals surface area contributed by atoms with Gasteiger partial charge in [-0.2, -0.15) is 0 Å². The van der Waals surface area contributed by atoms with Crippen LogP contribution in [0.2, 0.25) is 0 Å². The summed E-state index contributed by atoms with van der Waals surface area (Å²) in [5.41, 5.74) is 1.22. The molecule has 0 fully saturated rings. The molecule has 1 unspecified atom stereocenters. The first-order chi connectivity index (χ1) is 7.26. The second kappa shape index (κ2) is 6.43. The lowest BCUT2D eigenvalue weighted by molar-refractivity contribution is 0.233. The zero-order valence-electron chi connectivity index (χ0n) is 9.36. The molecule has 84 valence electrons. The molecule has 3 nitrogen and oxygen atoms in total. The quantitative estimate of drug-likeness (QED) is 0.744. The van der Waals surface area contributed by atoms with Crippen LogP contribution in [0.25, 0.3) is 0 Å². The van der Waals surface area contributed by atoms with Gasteiger partial charge in [-0.1, -0.05) is 19.1 Å². The summed E-state index contributed by atoms with van der Waals surface area (Å²) in [7, 11) is 1.66. The van der Waals surface area contributed by atoms with Crippen molar-refractivity contribution in [3.63, 3.8) is 0 Å². The van der Waals surface area contributed by atoms with E-state index in [1.807, 2.05) is 31.2 Å². The summed E-state index contributed by atoms with van der Waals surface area (Å²) in [6.07, 6.45) is 0. The lowest BCUT2D eigenvalue weighted by Gasteiger charge is -2.09. The highest BCUT2D eigenvalue weighted by molar-refractivity contribution is 5.26. The molecule has 1 aromatic rings. The Morgan fingerprint density at radius 3 is 2.53 bits per heavy atom. The number of ether oxygens (including phenoxy) is 1. The van der Waals surface area contributed by atoms with Gasteiger partial charge in [-0.3, -0.25) is 0 Å². The number of hydrogen-bond donors (Lipinski definition) is 2. The Morgan fingerprint density at radius 1 is 1.33 bits per heavy atom. The summed E-state index contributed by atoms with van der Waals surface area (Å²) < 4.78 is 5.08. The first-order valence-electron chi connectivity index (χ1n) is 5.20. The molecule has 1 aromatic carbocycles. The molecule has 2 N–H and O–H groups in total. The molecular weight excluding hydrogens is 190 g/mol. The van der Waals surface area contributed by atoms with E-state index in [9.17, 15) is 0 Å². The van der Waals surface area contributed by atoms with Crippen LogP contribution in [0.5, 0.6) is 5.75 Å². The molecule has 1 atom stereocenters. The minimum atomic E-state index is 0.232. The van der Waals surface area contributed by atoms with Crippen molar-refractivity contribution in [2.75, 3.05) is 20.3 Å². The molecule has 0 saturated carbocycles. The zero-order chi connectivity index (χ0) is 11.1. The topological polar surface area (TPSA) is 41.5 Å². The Labute approximate surface area is 91.1 Å². The number of nitrogens with one attached hydrogen (secondary N) is 1. The predicted octanol–water partition coefficient (Wildman–Crippen LogP) is 1.41. The molecule has 0 heterocycles. The smallest absolute Gasteiger partial charge is 0.118 e. The van der Waals surface area contributed by atoms with Gasteiger partial charge in [0.05, 0.1) is 7.11 Å². The van der Waals surface area contributed by atoms with Crippen LogP contribution in [0.4, 0.5) is 0 Å². The summed E-state index contributed by atoms with van der Waals surface area (Å²) in [5.74, 6) is 1.19. The van der Waals surface area contributed by atoms with Crippen molar-refractivity contribution in [2.45, 2.75) is 13.5 Å². The van der Waals surface area contributed by atoms with Crippen LogP contribution in [-0.4, -0.2) is 25.4 Å². The van der Waals surface area contributed by atoms with E-state index in [1.54, 1.807) is 7.11 Å². The van der Waals surface area contributed by atoms with Crippen molar-refractivity contribution >= 4 is 0 Å². The average Bonchev–Trinajstić information content (AvgIpc) is 2.29. The molecule has 0 aromatic heterocycles. The van der Waals surface area contributed by atoms with Crippen LogP contribution in [0, 0.1) is 5.92 Å². The van der Waals surface area contributed by atoms with Gasteiger partial charge in [0.2, 0.25) is 0 Å². The maximum atomic E-state index is 8.84. The number of aliphatic hydroxyl groups excluding tert-OH is 1. The number of aliphatic hydroxyl groups is 1. The Bertz CT molecular complexity index is 271. The molecule has 0 bridgehead atoms. The van der Waals surface area contributed by atoms with Crippen molar-refractivity contribution in [3.8, 4) is 5.75 Å². The molecule has 0 aliphatic rings. The average molecular weight is 209 g/mol. The zero-order valence-corrected chi connectivity index (χ0v) is 9.36. The van der Waals surface area contributed by atoms with Crippen LogP contribution in [0.15, 0.2) is 24.3 Å². The highest BCUT2D eigenvalue weighted by atomic mass is 16.5. The minimum Gasteiger partial charge on any atom is -0.497 e. The fraction of sp³-hybridized carbons (Fsp3) is 0.500. The number of hydrogen-bond acceptors (Lipinski definition) is 3. The van der Waals surface area contributed by atoms with Gasteiger partial charge in [-0.15, -0.1) is 0 Å². The third-order valence-corrected chi connectivity index (χ3v) is 2.29. The number of rotatable bonds is 6. The Kier molecular flexibility index (Phi) is 5.15. The lowest BCUT2D eigenvalue weighted by Crippen LogP contribution is -2.22. The van der Waals surface area contributed by atoms with Crippen LogP contribution in [-0.2, 0) is 6.54 Å². The van der Waals surface area contributed by atoms with Crippen LogP contribution in [0.1, 0.15) is 12.5 Å².